The molecule has 350 valence electrons. The number of nitrogens with zero attached hydrogens (tertiary/aromatic N) is 5. The lowest BCUT2D eigenvalue weighted by Crippen LogP contribution is -2.48. The van der Waals surface area contributed by atoms with E-state index in [0.717, 1.165) is 12.3 Å². The highest BCUT2D eigenvalue weighted by atomic mass is 31.3. The zero-order chi connectivity index (χ0) is 46.6. The molecule has 1 aromatic rings. The van der Waals surface area contributed by atoms with Gasteiger partial charge in [0.25, 0.3) is 5.56 Å². The molecule has 6 atom stereocenters. The number of hydrogen-bond acceptors (Lipinski definition) is 15. The van der Waals surface area contributed by atoms with Gasteiger partial charge in [0.1, 0.15) is 12.2 Å². The quantitative estimate of drug-likeness (QED) is 0.0732. The number of H-pyrrole nitrogens is 1. The Hall–Kier alpha value is -1.63. The summed E-state index contributed by atoms with van der Waals surface area (Å²) in [5.41, 5.74) is -4.49. The molecule has 2 rings (SSSR count). The van der Waals surface area contributed by atoms with Gasteiger partial charge >= 0.3 is 29.2 Å². The minimum Gasteiger partial charge on any atom is -0.386 e. The van der Waals surface area contributed by atoms with Crippen LogP contribution in [0.3, 0.4) is 0 Å². The van der Waals surface area contributed by atoms with Crippen LogP contribution < -0.4 is 11.2 Å². The molecule has 1 aliphatic heterocycles. The van der Waals surface area contributed by atoms with E-state index in [1.165, 1.54) is 78.5 Å². The van der Waals surface area contributed by atoms with Crippen LogP contribution in [0.1, 0.15) is 89.3 Å². The zero-order valence-electron chi connectivity index (χ0n) is 37.1. The minimum atomic E-state index is -5.78. The molecule has 1 fully saturated rings. The summed E-state index contributed by atoms with van der Waals surface area (Å²) in [4.78, 5) is 69.9. The number of phosphoric ester groups is 1. The second kappa shape index (κ2) is 32.1. The van der Waals surface area contributed by atoms with E-state index >= 15 is 0 Å². The maximum atomic E-state index is 11.9. The van der Waals surface area contributed by atoms with Gasteiger partial charge in [0.2, 0.25) is 0 Å². The molecule has 7 N–H and O–H groups in total. The Bertz CT molecular complexity index is 1470. The number of aromatic amines is 1. The van der Waals surface area contributed by atoms with Crippen molar-refractivity contribution in [3.05, 3.63) is 33.1 Å². The van der Waals surface area contributed by atoms with Crippen molar-refractivity contribution < 1.29 is 61.4 Å². The number of rotatable bonds is 20. The average molecular weight is 913 g/mol. The van der Waals surface area contributed by atoms with Crippen LogP contribution in [0.5, 0.6) is 0 Å². The highest BCUT2D eigenvalue weighted by Crippen LogP contribution is 2.66. The van der Waals surface area contributed by atoms with Crippen molar-refractivity contribution in [2.45, 2.75) is 107 Å². The van der Waals surface area contributed by atoms with E-state index < -0.39 is 65.4 Å². The van der Waals surface area contributed by atoms with E-state index in [1.54, 1.807) is 5.92 Å². The first-order chi connectivity index (χ1) is 27.4. The van der Waals surface area contributed by atoms with Gasteiger partial charge in [-0.05, 0) is 78.5 Å². The molecule has 1 saturated heterocycles. The van der Waals surface area contributed by atoms with Crippen LogP contribution in [0.15, 0.2) is 21.9 Å². The van der Waals surface area contributed by atoms with Crippen LogP contribution in [-0.4, -0.2) is 162 Å². The van der Waals surface area contributed by atoms with Gasteiger partial charge in [0, 0.05) is 12.3 Å². The van der Waals surface area contributed by atoms with Crippen molar-refractivity contribution in [3.63, 3.8) is 0 Å². The number of phosphoric acid groups is 3. The van der Waals surface area contributed by atoms with Crippen LogP contribution in [0.25, 0.3) is 0 Å². The first kappa shape index (κ1) is 61.7. The Morgan fingerprint density at radius 2 is 1.07 bits per heavy atom. The fourth-order valence-electron chi connectivity index (χ4n) is 5.10. The highest BCUT2D eigenvalue weighted by molar-refractivity contribution is 7.66. The molecule has 0 amide bonds. The van der Waals surface area contributed by atoms with Gasteiger partial charge in [0.05, 0.1) is 6.61 Å². The molecule has 59 heavy (non-hydrogen) atoms. The molecule has 21 nitrogen and oxygen atoms in total. The fourth-order valence-corrected chi connectivity index (χ4v) is 8.13. The van der Waals surface area contributed by atoms with Gasteiger partial charge in [-0.1, -0.05) is 89.0 Å². The molecule has 1 aliphatic rings. The lowest BCUT2D eigenvalue weighted by molar-refractivity contribution is -0.0761. The summed E-state index contributed by atoms with van der Waals surface area (Å²) >= 11 is 0. The van der Waals surface area contributed by atoms with Crippen LogP contribution in [0, 0.1) is 12.3 Å². The molecule has 0 spiro atoms. The second-order valence-electron chi connectivity index (χ2n) is 12.3. The SMILES string of the molecule is C#C[C@]1(O)[C@H](O)[C@@H](COP(=O)(O)OP(=O)(O)OP(=O)(O)O)O[C@H]1n1ccc(=O)[nH]c1=O.CCN(CC)CC.CCN(CC)CC.CCN(CC)CC.CCN(CC)CC. The number of ether oxygens (including phenoxy) is 1. The van der Waals surface area contributed by atoms with Gasteiger partial charge in [-0.3, -0.25) is 18.9 Å². The first-order valence-electron chi connectivity index (χ1n) is 19.9. The summed E-state index contributed by atoms with van der Waals surface area (Å²) in [6, 6.07) is 0.869. The lowest BCUT2D eigenvalue weighted by atomic mass is 9.95. The number of aromatic nitrogens is 2. The number of aliphatic hydroxyl groups excluding tert-OH is 1. The molecule has 2 unspecified atom stereocenters. The van der Waals surface area contributed by atoms with Crippen molar-refractivity contribution in [2.24, 2.45) is 0 Å². The maximum absolute atomic E-state index is 11.9. The Labute approximate surface area is 351 Å². The third-order valence-corrected chi connectivity index (χ3v) is 12.8. The Morgan fingerprint density at radius 1 is 0.712 bits per heavy atom. The van der Waals surface area contributed by atoms with E-state index in [-0.39, 0.29) is 0 Å². The smallest absolute Gasteiger partial charge is 0.386 e. The second-order valence-corrected chi connectivity index (χ2v) is 16.7. The predicted octanol–water partition coefficient (Wildman–Crippen LogP) is 2.89. The molecule has 2 heterocycles. The summed E-state index contributed by atoms with van der Waals surface area (Å²) in [5, 5.41) is 20.8. The molecule has 24 heteroatoms. The lowest BCUT2D eigenvalue weighted by Gasteiger charge is -2.26. The number of nitrogens with one attached hydrogen (secondary N) is 1. The van der Waals surface area contributed by atoms with E-state index in [2.05, 4.69) is 116 Å². The molecule has 0 aliphatic carbocycles. The molecule has 0 saturated carbocycles. The van der Waals surface area contributed by atoms with Crippen LogP contribution >= 0.6 is 23.5 Å². The predicted molar refractivity (Wildman–Crippen MR) is 229 cm³/mol. The molecular weight excluding hydrogens is 837 g/mol. The molecule has 0 aromatic carbocycles. The van der Waals surface area contributed by atoms with Crippen LogP contribution in [-0.2, 0) is 31.6 Å². The molecule has 0 radical (unpaired) electrons. The van der Waals surface area contributed by atoms with Crippen molar-refractivity contribution >= 4 is 23.5 Å². The third-order valence-electron chi connectivity index (χ3n) is 9.00. The average Bonchev–Trinajstić information content (AvgIpc) is 3.42. The van der Waals surface area contributed by atoms with Gasteiger partial charge < -0.3 is 54.1 Å². The zero-order valence-corrected chi connectivity index (χ0v) is 39.8. The van der Waals surface area contributed by atoms with E-state index in [9.17, 15) is 38.4 Å². The Kier molecular flexibility index (Phi) is 33.6. The topological polar surface area (TPSA) is 277 Å². The van der Waals surface area contributed by atoms with E-state index in [4.69, 9.17) is 25.8 Å². The van der Waals surface area contributed by atoms with Crippen molar-refractivity contribution in [1.29, 1.82) is 0 Å². The molecular formula is C35H75N6O15P3. The van der Waals surface area contributed by atoms with E-state index in [0.29, 0.717) is 4.57 Å². The minimum absolute atomic E-state index is 0.606. The van der Waals surface area contributed by atoms with Crippen molar-refractivity contribution in [3.8, 4) is 12.3 Å². The first-order valence-corrected chi connectivity index (χ1v) is 24.4. The monoisotopic (exact) mass is 912 g/mol. The number of hydrogen-bond donors (Lipinski definition) is 7. The van der Waals surface area contributed by atoms with Crippen LogP contribution in [0.2, 0.25) is 0 Å². The standard InChI is InChI=1S/C11H15N2O15P3.4C6H15N/c1-2-11(17)8(15)6(26-9(11)13-4-3-7(14)12-10(13)16)5-25-30(21,22)28-31(23,24)27-29(18,19)20;4*1-4-7(5-2)6-3/h1,3-4,6,8-9,15,17H,5H2,(H,21,22)(H,23,24)(H,12,14,16)(H2,18,19,20);4*4-6H2,1-3H3/t6-,8-,9-,11+;;;;/m1..../s1. The summed E-state index contributed by atoms with van der Waals surface area (Å²) in [6.45, 7) is 39.4. The van der Waals surface area contributed by atoms with E-state index in [1.807, 2.05) is 4.98 Å². The Balaban J connectivity index is -0.000000898. The summed E-state index contributed by atoms with van der Waals surface area (Å²) in [5.74, 6) is 1.79. The highest BCUT2D eigenvalue weighted by Gasteiger charge is 2.56. The van der Waals surface area contributed by atoms with Gasteiger partial charge in [-0.2, -0.15) is 8.62 Å². The van der Waals surface area contributed by atoms with Crippen molar-refractivity contribution in [2.75, 3.05) is 85.1 Å². The number of terminal acetylenes is 1. The summed E-state index contributed by atoms with van der Waals surface area (Å²) in [7, 11) is -16.9. The third kappa shape index (κ3) is 25.8. The van der Waals surface area contributed by atoms with Crippen LogP contribution in [0.4, 0.5) is 0 Å². The summed E-state index contributed by atoms with van der Waals surface area (Å²) < 4.78 is 50.8. The maximum Gasteiger partial charge on any atom is 0.490 e. The van der Waals surface area contributed by atoms with Gasteiger partial charge in [-0.25, -0.2) is 18.5 Å². The van der Waals surface area contributed by atoms with Gasteiger partial charge in [-0.15, -0.1) is 6.42 Å². The summed E-state index contributed by atoms with van der Waals surface area (Å²) in [6.07, 6.45) is 0.460. The normalized spacial score (nSPS) is 20.8. The number of aliphatic hydroxyl groups is 2. The largest absolute Gasteiger partial charge is 0.490 e. The fraction of sp³-hybridized carbons (Fsp3) is 0.829. The molecule has 1 aromatic heterocycles. The Morgan fingerprint density at radius 3 is 1.34 bits per heavy atom. The molecule has 0 bridgehead atoms. The van der Waals surface area contributed by atoms with Gasteiger partial charge in [0.15, 0.2) is 11.8 Å². The van der Waals surface area contributed by atoms with Crippen molar-refractivity contribution in [1.82, 2.24) is 29.2 Å².